The van der Waals surface area contributed by atoms with Crippen LogP contribution in [0.3, 0.4) is 0 Å². The summed E-state index contributed by atoms with van der Waals surface area (Å²) in [6, 6.07) is 11.1. The van der Waals surface area contributed by atoms with Crippen molar-refractivity contribution in [2.24, 2.45) is 22.5 Å². The van der Waals surface area contributed by atoms with Gasteiger partial charge in [0.2, 0.25) is 5.91 Å². The minimum Gasteiger partial charge on any atom is -0.353 e. The summed E-state index contributed by atoms with van der Waals surface area (Å²) in [4.78, 5) is 13.5. The first kappa shape index (κ1) is 20.8. The van der Waals surface area contributed by atoms with E-state index in [1.165, 1.54) is 5.56 Å². The van der Waals surface area contributed by atoms with Crippen LogP contribution in [-0.4, -0.2) is 24.7 Å². The SMILES string of the molecule is CC1(C(=O)NC2CCC(N)CC2)CC2CC(c3ccccc3)(C1)C[C@@](C)(CF)C2. The van der Waals surface area contributed by atoms with E-state index in [0.29, 0.717) is 5.92 Å². The van der Waals surface area contributed by atoms with E-state index in [9.17, 15) is 9.18 Å². The van der Waals surface area contributed by atoms with Gasteiger partial charge in [-0.2, -0.15) is 0 Å². The Balaban J connectivity index is 1.59. The van der Waals surface area contributed by atoms with Gasteiger partial charge >= 0.3 is 0 Å². The van der Waals surface area contributed by atoms with Crippen LogP contribution in [-0.2, 0) is 10.2 Å². The first-order valence-electron chi connectivity index (χ1n) is 11.4. The number of carbonyl (C=O) groups is 1. The molecule has 3 nitrogen and oxygen atoms in total. The van der Waals surface area contributed by atoms with Crippen molar-refractivity contribution in [1.82, 2.24) is 5.32 Å². The van der Waals surface area contributed by atoms with Gasteiger partial charge in [-0.15, -0.1) is 0 Å². The van der Waals surface area contributed by atoms with Crippen LogP contribution in [0.2, 0.25) is 0 Å². The first-order valence-corrected chi connectivity index (χ1v) is 11.4. The van der Waals surface area contributed by atoms with Crippen molar-refractivity contribution in [3.05, 3.63) is 35.9 Å². The van der Waals surface area contributed by atoms with Gasteiger partial charge in [0.15, 0.2) is 0 Å². The van der Waals surface area contributed by atoms with Crippen LogP contribution in [0.15, 0.2) is 30.3 Å². The number of hydrogen-bond acceptors (Lipinski definition) is 2. The lowest BCUT2D eigenvalue weighted by molar-refractivity contribution is -0.139. The Hall–Kier alpha value is -1.42. The maximum atomic E-state index is 14.1. The predicted octanol–water partition coefficient (Wildman–Crippen LogP) is 4.89. The number of amides is 1. The van der Waals surface area contributed by atoms with Gasteiger partial charge < -0.3 is 11.1 Å². The lowest BCUT2D eigenvalue weighted by Crippen LogP contribution is -2.56. The van der Waals surface area contributed by atoms with Crippen molar-refractivity contribution >= 4 is 5.91 Å². The molecule has 29 heavy (non-hydrogen) atoms. The molecule has 4 rings (SSSR count). The summed E-state index contributed by atoms with van der Waals surface area (Å²) in [6.07, 6.45) is 8.43. The summed E-state index contributed by atoms with van der Waals surface area (Å²) in [6.45, 7) is 3.98. The zero-order valence-electron chi connectivity index (χ0n) is 18.1. The molecule has 0 saturated heterocycles. The topological polar surface area (TPSA) is 55.1 Å². The monoisotopic (exact) mass is 400 g/mol. The highest BCUT2D eigenvalue weighted by Gasteiger charge is 2.56. The largest absolute Gasteiger partial charge is 0.353 e. The summed E-state index contributed by atoms with van der Waals surface area (Å²) in [5.41, 5.74) is 6.54. The Labute approximate surface area is 175 Å². The molecule has 2 bridgehead atoms. The number of rotatable bonds is 4. The highest BCUT2D eigenvalue weighted by molar-refractivity contribution is 5.83. The Bertz CT molecular complexity index is 732. The number of hydrogen-bond donors (Lipinski definition) is 2. The van der Waals surface area contributed by atoms with Crippen LogP contribution in [0.25, 0.3) is 0 Å². The van der Waals surface area contributed by atoms with Crippen molar-refractivity contribution < 1.29 is 9.18 Å². The van der Waals surface area contributed by atoms with Gasteiger partial charge in [-0.1, -0.05) is 44.2 Å². The molecule has 1 aromatic carbocycles. The van der Waals surface area contributed by atoms with E-state index in [-0.39, 0.29) is 35.5 Å². The molecular weight excluding hydrogens is 363 g/mol. The van der Waals surface area contributed by atoms with Gasteiger partial charge in [0.05, 0.1) is 6.67 Å². The minimum absolute atomic E-state index is 0.107. The number of halogens is 1. The molecule has 3 aliphatic carbocycles. The summed E-state index contributed by atoms with van der Waals surface area (Å²) >= 11 is 0. The Kier molecular flexibility index (Phi) is 5.52. The second-order valence-corrected chi connectivity index (χ2v) is 11.1. The molecule has 3 aliphatic rings. The van der Waals surface area contributed by atoms with Crippen molar-refractivity contribution in [3.8, 4) is 0 Å². The minimum atomic E-state index is -0.393. The van der Waals surface area contributed by atoms with E-state index in [4.69, 9.17) is 5.73 Å². The molecule has 0 heterocycles. The maximum Gasteiger partial charge on any atom is 0.226 e. The second kappa shape index (κ2) is 7.68. The Morgan fingerprint density at radius 3 is 2.41 bits per heavy atom. The molecule has 3 unspecified atom stereocenters. The van der Waals surface area contributed by atoms with Crippen molar-refractivity contribution in [2.45, 2.75) is 89.1 Å². The van der Waals surface area contributed by atoms with Crippen LogP contribution in [0.5, 0.6) is 0 Å². The molecule has 0 radical (unpaired) electrons. The summed E-state index contributed by atoms with van der Waals surface area (Å²) in [5.74, 6) is 0.598. The number of fused-ring (bicyclic) bond motifs is 2. The smallest absolute Gasteiger partial charge is 0.226 e. The van der Waals surface area contributed by atoms with E-state index >= 15 is 0 Å². The number of nitrogens with one attached hydrogen (secondary N) is 1. The van der Waals surface area contributed by atoms with Crippen LogP contribution in [0.4, 0.5) is 4.39 Å². The fourth-order valence-electron chi connectivity index (χ4n) is 7.03. The summed E-state index contributed by atoms with van der Waals surface area (Å²) in [5, 5.41) is 3.37. The highest BCUT2D eigenvalue weighted by Crippen LogP contribution is 2.61. The molecule has 3 fully saturated rings. The molecule has 0 aromatic heterocycles. The average Bonchev–Trinajstić information content (AvgIpc) is 2.69. The average molecular weight is 401 g/mol. The number of alkyl halides is 1. The van der Waals surface area contributed by atoms with Crippen molar-refractivity contribution in [1.29, 1.82) is 0 Å². The number of carbonyl (C=O) groups excluding carboxylic acids is 1. The lowest BCUT2D eigenvalue weighted by atomic mass is 9.47. The van der Waals surface area contributed by atoms with E-state index in [1.807, 2.05) is 6.07 Å². The van der Waals surface area contributed by atoms with Crippen LogP contribution >= 0.6 is 0 Å². The van der Waals surface area contributed by atoms with E-state index < -0.39 is 5.41 Å². The van der Waals surface area contributed by atoms with Crippen LogP contribution in [0, 0.1) is 16.7 Å². The Morgan fingerprint density at radius 1 is 1.07 bits per heavy atom. The first-order chi connectivity index (χ1) is 13.8. The third kappa shape index (κ3) is 4.10. The maximum absolute atomic E-state index is 14.1. The molecule has 1 aromatic rings. The van der Waals surface area contributed by atoms with Gasteiger partial charge in [-0.05, 0) is 80.1 Å². The summed E-state index contributed by atoms with van der Waals surface area (Å²) in [7, 11) is 0. The molecule has 160 valence electrons. The van der Waals surface area contributed by atoms with Gasteiger partial charge in [-0.3, -0.25) is 9.18 Å². The highest BCUT2D eigenvalue weighted by atomic mass is 19.1. The van der Waals surface area contributed by atoms with Gasteiger partial charge in [0, 0.05) is 17.5 Å². The molecule has 4 atom stereocenters. The molecule has 4 heteroatoms. The van der Waals surface area contributed by atoms with Gasteiger partial charge in [0.25, 0.3) is 0 Å². The fourth-order valence-corrected chi connectivity index (χ4v) is 7.03. The van der Waals surface area contributed by atoms with E-state index in [2.05, 4.69) is 43.4 Å². The molecule has 1 amide bonds. The lowest BCUT2D eigenvalue weighted by Gasteiger charge is -2.57. The predicted molar refractivity (Wildman–Crippen MR) is 115 cm³/mol. The summed E-state index contributed by atoms with van der Waals surface area (Å²) < 4.78 is 14.1. The van der Waals surface area contributed by atoms with Crippen molar-refractivity contribution in [3.63, 3.8) is 0 Å². The fraction of sp³-hybridized carbons (Fsp3) is 0.720. The van der Waals surface area contributed by atoms with Crippen LogP contribution in [0.1, 0.15) is 77.2 Å². The third-order valence-corrected chi connectivity index (χ3v) is 8.06. The van der Waals surface area contributed by atoms with E-state index in [1.54, 1.807) is 0 Å². The van der Waals surface area contributed by atoms with Crippen LogP contribution < -0.4 is 11.1 Å². The van der Waals surface area contributed by atoms with E-state index in [0.717, 1.165) is 57.8 Å². The molecule has 0 aliphatic heterocycles. The quantitative estimate of drug-likeness (QED) is 0.756. The van der Waals surface area contributed by atoms with Gasteiger partial charge in [-0.25, -0.2) is 0 Å². The normalized spacial score (nSPS) is 42.3. The molecular formula is C25H37FN2O. The third-order valence-electron chi connectivity index (χ3n) is 8.06. The molecule has 0 spiro atoms. The zero-order valence-corrected chi connectivity index (χ0v) is 18.1. The number of nitrogens with two attached hydrogens (primary N) is 1. The standard InChI is InChI=1S/C25H37FN2O/c1-23(17-26)12-18-13-24(2,22(29)28-21-10-8-20(27)9-11-21)16-25(14-18,15-23)19-6-4-3-5-7-19/h3-7,18,20-21H,8-17,27H2,1-2H3,(H,28,29)/t18?,20?,21?,23-,24?,25?/m0/s1. The van der Waals surface area contributed by atoms with Gasteiger partial charge in [0.1, 0.15) is 0 Å². The van der Waals surface area contributed by atoms with Crippen molar-refractivity contribution in [2.75, 3.05) is 6.67 Å². The zero-order chi connectivity index (χ0) is 20.7. The number of benzene rings is 1. The Morgan fingerprint density at radius 2 is 1.76 bits per heavy atom. The molecule has 3 saturated carbocycles. The molecule has 3 N–H and O–H groups in total. The second-order valence-electron chi connectivity index (χ2n) is 11.1.